The lowest BCUT2D eigenvalue weighted by Gasteiger charge is -2.22. The van der Waals surface area contributed by atoms with Crippen LogP contribution in [0.2, 0.25) is 0 Å². The van der Waals surface area contributed by atoms with Gasteiger partial charge in [-0.3, -0.25) is 5.84 Å². The molecular weight excluding hydrogens is 335 g/mol. The molecule has 1 atom stereocenters. The average molecular weight is 353 g/mol. The van der Waals surface area contributed by atoms with Crippen LogP contribution in [-0.4, -0.2) is 6.10 Å². The Labute approximate surface area is 132 Å². The minimum atomic E-state index is -0.298. The molecule has 5 heteroatoms. The van der Waals surface area contributed by atoms with Crippen molar-refractivity contribution >= 4 is 15.9 Å². The quantitative estimate of drug-likeness (QED) is 0.633. The molecule has 3 nitrogen and oxygen atoms in total. The molecule has 3 N–H and O–H groups in total. The second kappa shape index (κ2) is 7.02. The SMILES string of the molecule is CC(C)Oc1ccccc1C(NN)c1ccc(F)cc1Br. The monoisotopic (exact) mass is 352 g/mol. The predicted octanol–water partition coefficient (Wildman–Crippen LogP) is 3.93. The Kier molecular flexibility index (Phi) is 5.33. The van der Waals surface area contributed by atoms with E-state index in [-0.39, 0.29) is 18.0 Å². The van der Waals surface area contributed by atoms with E-state index in [9.17, 15) is 4.39 Å². The molecule has 0 spiro atoms. The van der Waals surface area contributed by atoms with Gasteiger partial charge in [0.1, 0.15) is 11.6 Å². The number of hydrogen-bond donors (Lipinski definition) is 2. The Morgan fingerprint density at radius 3 is 2.48 bits per heavy atom. The third-order valence-corrected chi connectivity index (χ3v) is 3.72. The molecule has 112 valence electrons. The van der Waals surface area contributed by atoms with Gasteiger partial charge in [-0.1, -0.05) is 40.2 Å². The Balaban J connectivity index is 2.46. The molecule has 21 heavy (non-hydrogen) atoms. The van der Waals surface area contributed by atoms with Crippen molar-refractivity contribution in [2.75, 3.05) is 0 Å². The second-order valence-corrected chi connectivity index (χ2v) is 5.82. The lowest BCUT2D eigenvalue weighted by atomic mass is 9.98. The fraction of sp³-hybridized carbons (Fsp3) is 0.250. The van der Waals surface area contributed by atoms with Crippen LogP contribution in [0.5, 0.6) is 5.75 Å². The van der Waals surface area contributed by atoms with E-state index in [1.165, 1.54) is 12.1 Å². The number of nitrogens with one attached hydrogen (secondary N) is 1. The van der Waals surface area contributed by atoms with Crippen molar-refractivity contribution in [1.29, 1.82) is 0 Å². The summed E-state index contributed by atoms with van der Waals surface area (Å²) in [4.78, 5) is 0. The van der Waals surface area contributed by atoms with E-state index in [1.807, 2.05) is 38.1 Å². The fourth-order valence-corrected chi connectivity index (χ4v) is 2.74. The highest BCUT2D eigenvalue weighted by Gasteiger charge is 2.20. The van der Waals surface area contributed by atoms with Crippen LogP contribution in [0.3, 0.4) is 0 Å². The molecular formula is C16H18BrFN2O. The predicted molar refractivity (Wildman–Crippen MR) is 85.5 cm³/mol. The van der Waals surface area contributed by atoms with Gasteiger partial charge in [-0.2, -0.15) is 0 Å². The van der Waals surface area contributed by atoms with Crippen molar-refractivity contribution in [2.45, 2.75) is 26.0 Å². The number of hydrazine groups is 1. The van der Waals surface area contributed by atoms with E-state index >= 15 is 0 Å². The van der Waals surface area contributed by atoms with Crippen LogP contribution >= 0.6 is 15.9 Å². The number of rotatable bonds is 5. The maximum Gasteiger partial charge on any atom is 0.124 e. The van der Waals surface area contributed by atoms with E-state index in [0.29, 0.717) is 4.47 Å². The molecule has 0 radical (unpaired) electrons. The normalized spacial score (nSPS) is 12.5. The van der Waals surface area contributed by atoms with E-state index in [1.54, 1.807) is 6.07 Å². The minimum Gasteiger partial charge on any atom is -0.491 e. The zero-order valence-corrected chi connectivity index (χ0v) is 13.5. The van der Waals surface area contributed by atoms with Crippen LogP contribution < -0.4 is 16.0 Å². The minimum absolute atomic E-state index is 0.0567. The maximum atomic E-state index is 13.3. The van der Waals surface area contributed by atoms with Gasteiger partial charge in [-0.25, -0.2) is 9.82 Å². The highest BCUT2D eigenvalue weighted by Crippen LogP contribution is 2.34. The summed E-state index contributed by atoms with van der Waals surface area (Å²) in [7, 11) is 0. The molecule has 1 unspecified atom stereocenters. The van der Waals surface area contributed by atoms with Gasteiger partial charge in [0.25, 0.3) is 0 Å². The number of ether oxygens (including phenoxy) is 1. The van der Waals surface area contributed by atoms with Gasteiger partial charge >= 0.3 is 0 Å². The van der Waals surface area contributed by atoms with Gasteiger partial charge in [0, 0.05) is 10.0 Å². The smallest absolute Gasteiger partial charge is 0.124 e. The number of halogens is 2. The standard InChI is InChI=1S/C16H18BrFN2O/c1-10(2)21-15-6-4-3-5-13(15)16(20-19)12-8-7-11(18)9-14(12)17/h3-10,16,20H,19H2,1-2H3. The molecule has 2 aromatic carbocycles. The third-order valence-electron chi connectivity index (χ3n) is 3.03. The van der Waals surface area contributed by atoms with E-state index in [0.717, 1.165) is 16.9 Å². The molecule has 0 bridgehead atoms. The Morgan fingerprint density at radius 1 is 1.14 bits per heavy atom. The van der Waals surface area contributed by atoms with Crippen molar-refractivity contribution < 1.29 is 9.13 Å². The molecule has 2 aromatic rings. The van der Waals surface area contributed by atoms with E-state index in [2.05, 4.69) is 21.4 Å². The van der Waals surface area contributed by atoms with Gasteiger partial charge in [-0.05, 0) is 37.6 Å². The van der Waals surface area contributed by atoms with E-state index < -0.39 is 0 Å². The summed E-state index contributed by atoms with van der Waals surface area (Å²) < 4.78 is 19.7. The highest BCUT2D eigenvalue weighted by atomic mass is 79.9. The number of para-hydroxylation sites is 1. The van der Waals surface area contributed by atoms with Crippen molar-refractivity contribution in [2.24, 2.45) is 5.84 Å². The highest BCUT2D eigenvalue weighted by molar-refractivity contribution is 9.10. The van der Waals surface area contributed by atoms with Crippen LogP contribution in [0.1, 0.15) is 31.0 Å². The first kappa shape index (κ1) is 15.9. The van der Waals surface area contributed by atoms with Crippen molar-refractivity contribution in [3.63, 3.8) is 0 Å². The number of benzene rings is 2. The topological polar surface area (TPSA) is 47.3 Å². The van der Waals surface area contributed by atoms with Crippen LogP contribution in [0.25, 0.3) is 0 Å². The van der Waals surface area contributed by atoms with Crippen molar-refractivity contribution in [1.82, 2.24) is 5.43 Å². The summed E-state index contributed by atoms with van der Waals surface area (Å²) in [5, 5.41) is 0. The molecule has 0 fully saturated rings. The van der Waals surface area contributed by atoms with Gasteiger partial charge in [0.2, 0.25) is 0 Å². The van der Waals surface area contributed by atoms with Crippen molar-refractivity contribution in [3.05, 3.63) is 63.9 Å². The van der Waals surface area contributed by atoms with Gasteiger partial charge < -0.3 is 4.74 Å². The average Bonchev–Trinajstić information content (AvgIpc) is 2.43. The second-order valence-electron chi connectivity index (χ2n) is 4.97. The van der Waals surface area contributed by atoms with E-state index in [4.69, 9.17) is 10.6 Å². The molecule has 0 saturated heterocycles. The van der Waals surface area contributed by atoms with Crippen molar-refractivity contribution in [3.8, 4) is 5.75 Å². The number of hydrogen-bond acceptors (Lipinski definition) is 3. The Morgan fingerprint density at radius 2 is 1.86 bits per heavy atom. The molecule has 0 amide bonds. The van der Waals surface area contributed by atoms with Gasteiger partial charge in [0.05, 0.1) is 12.1 Å². The molecule has 0 aliphatic rings. The maximum absolute atomic E-state index is 13.3. The first-order chi connectivity index (χ1) is 10.0. The molecule has 0 saturated carbocycles. The summed E-state index contributed by atoms with van der Waals surface area (Å²) in [5.74, 6) is 6.18. The Bertz CT molecular complexity index is 619. The first-order valence-electron chi connectivity index (χ1n) is 6.69. The summed E-state index contributed by atoms with van der Waals surface area (Å²) in [5.41, 5.74) is 4.53. The summed E-state index contributed by atoms with van der Waals surface area (Å²) in [6, 6.07) is 11.9. The summed E-state index contributed by atoms with van der Waals surface area (Å²) in [6.45, 7) is 3.94. The van der Waals surface area contributed by atoms with Crippen LogP contribution in [0.4, 0.5) is 4.39 Å². The molecule has 0 aliphatic carbocycles. The largest absolute Gasteiger partial charge is 0.491 e. The van der Waals surface area contributed by atoms with Crippen LogP contribution in [0, 0.1) is 5.82 Å². The van der Waals surface area contributed by atoms with Gasteiger partial charge in [-0.15, -0.1) is 0 Å². The zero-order chi connectivity index (χ0) is 15.4. The lowest BCUT2D eigenvalue weighted by Crippen LogP contribution is -2.29. The molecule has 0 heterocycles. The Hall–Kier alpha value is -1.43. The first-order valence-corrected chi connectivity index (χ1v) is 7.49. The zero-order valence-electron chi connectivity index (χ0n) is 11.9. The molecule has 2 rings (SSSR count). The summed E-state index contributed by atoms with van der Waals surface area (Å²) >= 11 is 3.38. The lowest BCUT2D eigenvalue weighted by molar-refractivity contribution is 0.238. The molecule has 0 aromatic heterocycles. The van der Waals surface area contributed by atoms with Crippen LogP contribution in [0.15, 0.2) is 46.9 Å². The van der Waals surface area contributed by atoms with Crippen LogP contribution in [-0.2, 0) is 0 Å². The summed E-state index contributed by atoms with van der Waals surface area (Å²) in [6.07, 6.45) is 0.0567. The fourth-order valence-electron chi connectivity index (χ4n) is 2.16. The van der Waals surface area contributed by atoms with Gasteiger partial charge in [0.15, 0.2) is 0 Å². The molecule has 0 aliphatic heterocycles. The number of nitrogens with two attached hydrogens (primary N) is 1. The third kappa shape index (κ3) is 3.81.